The van der Waals surface area contributed by atoms with Crippen LogP contribution in [-0.4, -0.2) is 76.4 Å². The van der Waals surface area contributed by atoms with E-state index < -0.39 is 12.3 Å². The fourth-order valence-corrected chi connectivity index (χ4v) is 5.08. The number of unbranched alkanes of at least 4 members (excludes halogenated alkanes) is 14. The van der Waals surface area contributed by atoms with Crippen LogP contribution in [0, 0.1) is 0 Å². The van der Waals surface area contributed by atoms with Gasteiger partial charge >= 0.3 is 18.3 Å². The SMILES string of the molecule is CCCCCC/C=C\COC(=O)OCCCCCCC(CCCCCCOC(=O)OC/C=C\CCCCCC)OC(=O)CCCN(C)C. The fraction of sp³-hybridized carbons (Fsp3) is 0.821. The lowest BCUT2D eigenvalue weighted by atomic mass is 10.0. The number of hydrogen-bond donors (Lipinski definition) is 0. The van der Waals surface area contributed by atoms with Gasteiger partial charge in [0.25, 0.3) is 0 Å². The number of carbonyl (C=O) groups is 3. The van der Waals surface area contributed by atoms with Crippen molar-refractivity contribution in [3.05, 3.63) is 24.3 Å². The zero-order valence-corrected chi connectivity index (χ0v) is 31.2. The molecule has 280 valence electrons. The molecule has 0 bridgehead atoms. The smallest absolute Gasteiger partial charge is 0.462 e. The third-order valence-electron chi connectivity index (χ3n) is 7.94. The number of esters is 1. The number of nitrogens with zero attached hydrogens (tertiary/aromatic N) is 1. The van der Waals surface area contributed by atoms with Crippen LogP contribution in [0.25, 0.3) is 0 Å². The summed E-state index contributed by atoms with van der Waals surface area (Å²) in [6.45, 7) is 6.45. The molecule has 0 aromatic heterocycles. The molecule has 0 aliphatic heterocycles. The zero-order chi connectivity index (χ0) is 35.3. The van der Waals surface area contributed by atoms with Gasteiger partial charge in [-0.15, -0.1) is 0 Å². The molecule has 0 aromatic rings. The summed E-state index contributed by atoms with van der Waals surface area (Å²) in [6, 6.07) is 0. The van der Waals surface area contributed by atoms with Crippen molar-refractivity contribution in [2.24, 2.45) is 0 Å². The van der Waals surface area contributed by atoms with E-state index in [4.69, 9.17) is 23.7 Å². The Morgan fingerprint density at radius 3 is 1.46 bits per heavy atom. The molecule has 48 heavy (non-hydrogen) atoms. The number of hydrogen-bond acceptors (Lipinski definition) is 9. The van der Waals surface area contributed by atoms with Crippen molar-refractivity contribution in [2.45, 2.75) is 161 Å². The normalized spacial score (nSPS) is 11.5. The molecule has 0 amide bonds. The highest BCUT2D eigenvalue weighted by Gasteiger charge is 2.14. The van der Waals surface area contributed by atoms with Crippen LogP contribution >= 0.6 is 0 Å². The summed E-state index contributed by atoms with van der Waals surface area (Å²) in [5.41, 5.74) is 0. The maximum absolute atomic E-state index is 12.5. The first-order valence-corrected chi connectivity index (χ1v) is 19.1. The van der Waals surface area contributed by atoms with E-state index in [0.717, 1.165) is 90.0 Å². The van der Waals surface area contributed by atoms with Gasteiger partial charge in [0.15, 0.2) is 0 Å². The predicted molar refractivity (Wildman–Crippen MR) is 194 cm³/mol. The van der Waals surface area contributed by atoms with Crippen LogP contribution < -0.4 is 0 Å². The van der Waals surface area contributed by atoms with Crippen LogP contribution in [-0.2, 0) is 28.5 Å². The van der Waals surface area contributed by atoms with Crippen LogP contribution in [0.3, 0.4) is 0 Å². The summed E-state index contributed by atoms with van der Waals surface area (Å²) < 4.78 is 26.4. The Morgan fingerprint density at radius 2 is 1.00 bits per heavy atom. The molecule has 0 unspecified atom stereocenters. The molecule has 0 radical (unpaired) electrons. The van der Waals surface area contributed by atoms with Crippen molar-refractivity contribution < 1.29 is 38.1 Å². The Bertz CT molecular complexity index is 762. The molecule has 0 rings (SSSR count). The van der Waals surface area contributed by atoms with Crippen LogP contribution in [0.2, 0.25) is 0 Å². The molecular formula is C39H71NO8. The van der Waals surface area contributed by atoms with Crippen molar-refractivity contribution in [3.8, 4) is 0 Å². The molecular weight excluding hydrogens is 610 g/mol. The predicted octanol–water partition coefficient (Wildman–Crippen LogP) is 10.5. The molecule has 0 aromatic carbocycles. The highest BCUT2D eigenvalue weighted by molar-refractivity contribution is 5.69. The van der Waals surface area contributed by atoms with Crippen LogP contribution in [0.15, 0.2) is 24.3 Å². The summed E-state index contributed by atoms with van der Waals surface area (Å²) in [6.07, 6.45) is 28.6. The molecule has 0 fully saturated rings. The first-order valence-electron chi connectivity index (χ1n) is 19.1. The zero-order valence-electron chi connectivity index (χ0n) is 31.2. The number of ether oxygens (including phenoxy) is 5. The maximum atomic E-state index is 12.5. The van der Waals surface area contributed by atoms with Gasteiger partial charge < -0.3 is 28.6 Å². The Morgan fingerprint density at radius 1 is 0.542 bits per heavy atom. The number of carbonyl (C=O) groups excluding carboxylic acids is 3. The second-order valence-corrected chi connectivity index (χ2v) is 12.9. The van der Waals surface area contributed by atoms with E-state index in [-0.39, 0.29) is 25.3 Å². The highest BCUT2D eigenvalue weighted by Crippen LogP contribution is 2.17. The quantitative estimate of drug-likeness (QED) is 0.0290. The molecule has 0 atom stereocenters. The Hall–Kier alpha value is -2.55. The van der Waals surface area contributed by atoms with Crippen LogP contribution in [0.4, 0.5) is 9.59 Å². The third kappa shape index (κ3) is 34.8. The van der Waals surface area contributed by atoms with E-state index in [2.05, 4.69) is 30.9 Å². The Balaban J connectivity index is 4.11. The fourth-order valence-electron chi connectivity index (χ4n) is 5.08. The van der Waals surface area contributed by atoms with Gasteiger partial charge in [-0.2, -0.15) is 0 Å². The van der Waals surface area contributed by atoms with Gasteiger partial charge in [-0.1, -0.05) is 102 Å². The van der Waals surface area contributed by atoms with Gasteiger partial charge in [0.2, 0.25) is 0 Å². The van der Waals surface area contributed by atoms with E-state index in [1.54, 1.807) is 0 Å². The molecule has 9 nitrogen and oxygen atoms in total. The van der Waals surface area contributed by atoms with Gasteiger partial charge in [-0.3, -0.25) is 4.79 Å². The molecule has 0 saturated heterocycles. The minimum atomic E-state index is -0.616. The first kappa shape index (κ1) is 45.5. The van der Waals surface area contributed by atoms with E-state index in [1.807, 2.05) is 26.2 Å². The van der Waals surface area contributed by atoms with Crippen molar-refractivity contribution in [2.75, 3.05) is 47.1 Å². The second kappa shape index (κ2) is 35.7. The Labute approximate surface area is 293 Å². The van der Waals surface area contributed by atoms with E-state index in [9.17, 15) is 14.4 Å². The van der Waals surface area contributed by atoms with Gasteiger partial charge in [-0.25, -0.2) is 9.59 Å². The van der Waals surface area contributed by atoms with Gasteiger partial charge in [0.1, 0.15) is 19.3 Å². The Kier molecular flexibility index (Phi) is 33.8. The summed E-state index contributed by atoms with van der Waals surface area (Å²) in [7, 11) is 4.00. The second-order valence-electron chi connectivity index (χ2n) is 12.9. The van der Waals surface area contributed by atoms with Crippen LogP contribution in [0.5, 0.6) is 0 Å². The van der Waals surface area contributed by atoms with Crippen molar-refractivity contribution in [1.29, 1.82) is 0 Å². The first-order chi connectivity index (χ1) is 23.4. The molecule has 0 spiro atoms. The number of allylic oxidation sites excluding steroid dienone is 2. The summed E-state index contributed by atoms with van der Waals surface area (Å²) in [4.78, 5) is 38.0. The molecule has 0 heterocycles. The monoisotopic (exact) mass is 682 g/mol. The minimum Gasteiger partial charge on any atom is -0.462 e. The van der Waals surface area contributed by atoms with Crippen molar-refractivity contribution in [1.82, 2.24) is 4.90 Å². The van der Waals surface area contributed by atoms with E-state index in [1.165, 1.54) is 51.4 Å². The van der Waals surface area contributed by atoms with Crippen molar-refractivity contribution >= 4 is 18.3 Å². The standard InChI is InChI=1S/C39H71NO8/c1-5-7-9-11-13-17-23-32-44-38(42)46-34-25-19-15-21-28-36(48-37(41)30-27-31-40(3)4)29-22-16-20-26-35-47-39(43)45-33-24-18-14-12-10-8-6-2/h17-18,23-24,36H,5-16,19-22,25-35H2,1-4H3/b23-17-,24-18-. The average molecular weight is 682 g/mol. The van der Waals surface area contributed by atoms with E-state index in [0.29, 0.717) is 19.6 Å². The third-order valence-corrected chi connectivity index (χ3v) is 7.94. The lowest BCUT2D eigenvalue weighted by Crippen LogP contribution is -2.20. The highest BCUT2D eigenvalue weighted by atomic mass is 16.7. The van der Waals surface area contributed by atoms with Gasteiger partial charge in [0.05, 0.1) is 13.2 Å². The minimum absolute atomic E-state index is 0.0892. The molecule has 9 heteroatoms. The molecule has 0 saturated carbocycles. The summed E-state index contributed by atoms with van der Waals surface area (Å²) >= 11 is 0. The van der Waals surface area contributed by atoms with Gasteiger partial charge in [0, 0.05) is 6.42 Å². The van der Waals surface area contributed by atoms with E-state index >= 15 is 0 Å². The molecule has 0 aliphatic carbocycles. The molecule has 0 aliphatic rings. The van der Waals surface area contributed by atoms with Crippen LogP contribution in [0.1, 0.15) is 155 Å². The summed E-state index contributed by atoms with van der Waals surface area (Å²) in [5.74, 6) is -0.127. The average Bonchev–Trinajstić information content (AvgIpc) is 3.05. The lowest BCUT2D eigenvalue weighted by molar-refractivity contribution is -0.150. The molecule has 0 N–H and O–H groups in total. The van der Waals surface area contributed by atoms with Crippen molar-refractivity contribution in [3.63, 3.8) is 0 Å². The maximum Gasteiger partial charge on any atom is 0.508 e. The number of rotatable bonds is 33. The largest absolute Gasteiger partial charge is 0.508 e. The lowest BCUT2D eigenvalue weighted by Gasteiger charge is -2.18. The topological polar surface area (TPSA) is 101 Å². The van der Waals surface area contributed by atoms with Gasteiger partial charge in [-0.05, 0) is 91.3 Å². The summed E-state index contributed by atoms with van der Waals surface area (Å²) in [5, 5.41) is 0.